The molecule has 0 amide bonds. The number of ether oxygens (including phenoxy) is 2. The van der Waals surface area contributed by atoms with Gasteiger partial charge < -0.3 is 20.3 Å². The van der Waals surface area contributed by atoms with E-state index in [1.807, 2.05) is 55.5 Å². The molecule has 0 heterocycles. The third-order valence-electron chi connectivity index (χ3n) is 3.15. The van der Waals surface area contributed by atoms with Gasteiger partial charge in [0.25, 0.3) is 0 Å². The van der Waals surface area contributed by atoms with Gasteiger partial charge in [0.1, 0.15) is 30.8 Å². The van der Waals surface area contributed by atoms with E-state index in [-0.39, 0.29) is 13.2 Å². The van der Waals surface area contributed by atoms with Crippen molar-refractivity contribution in [2.75, 3.05) is 13.2 Å². The molecule has 0 saturated carbocycles. The Morgan fingerprint density at radius 2 is 1.52 bits per heavy atom. The number of hydrogen-bond donors (Lipinski definition) is 2. The summed E-state index contributed by atoms with van der Waals surface area (Å²) in [5.41, 5.74) is 7.60. The predicted octanol–water partition coefficient (Wildman–Crippen LogP) is 2.27. The Morgan fingerprint density at radius 3 is 2.19 bits per heavy atom. The first-order valence-electron chi connectivity index (χ1n) is 6.98. The van der Waals surface area contributed by atoms with Crippen LogP contribution in [0.5, 0.6) is 11.5 Å². The molecule has 4 nitrogen and oxygen atoms in total. The fourth-order valence-corrected chi connectivity index (χ4v) is 1.95. The van der Waals surface area contributed by atoms with Crippen molar-refractivity contribution in [1.82, 2.24) is 0 Å². The van der Waals surface area contributed by atoms with Crippen LogP contribution in [0.2, 0.25) is 0 Å². The van der Waals surface area contributed by atoms with Crippen LogP contribution >= 0.6 is 0 Å². The van der Waals surface area contributed by atoms with Crippen molar-refractivity contribution in [1.29, 1.82) is 0 Å². The summed E-state index contributed by atoms with van der Waals surface area (Å²) in [5.74, 6) is 1.48. The molecule has 1 unspecified atom stereocenters. The molecule has 4 heteroatoms. The van der Waals surface area contributed by atoms with E-state index in [1.54, 1.807) is 0 Å². The molecule has 3 N–H and O–H groups in total. The lowest BCUT2D eigenvalue weighted by atomic mass is 10.2. The summed E-state index contributed by atoms with van der Waals surface area (Å²) in [4.78, 5) is 0. The molecule has 2 aromatic rings. The summed E-state index contributed by atoms with van der Waals surface area (Å²) >= 11 is 0. The number of aliphatic hydroxyl groups is 1. The van der Waals surface area contributed by atoms with Crippen molar-refractivity contribution in [3.63, 3.8) is 0 Å². The summed E-state index contributed by atoms with van der Waals surface area (Å²) in [6.07, 6.45) is -0.699. The lowest BCUT2D eigenvalue weighted by Crippen LogP contribution is -2.25. The van der Waals surface area contributed by atoms with E-state index in [0.717, 1.165) is 16.9 Å². The van der Waals surface area contributed by atoms with Gasteiger partial charge in [0.05, 0.1) is 0 Å². The van der Waals surface area contributed by atoms with Crippen LogP contribution in [0.4, 0.5) is 0 Å². The third-order valence-corrected chi connectivity index (χ3v) is 3.15. The molecule has 0 radical (unpaired) electrons. The Balaban J connectivity index is 1.82. The second-order valence-corrected chi connectivity index (χ2v) is 4.85. The zero-order valence-electron chi connectivity index (χ0n) is 12.2. The number of nitrogens with two attached hydrogens (primary N) is 1. The summed E-state index contributed by atoms with van der Waals surface area (Å²) in [6.45, 7) is 2.74. The lowest BCUT2D eigenvalue weighted by molar-refractivity contribution is 0.0621. The smallest absolute Gasteiger partial charge is 0.123 e. The Labute approximate surface area is 125 Å². The van der Waals surface area contributed by atoms with Crippen LogP contribution in [0, 0.1) is 6.92 Å². The quantitative estimate of drug-likeness (QED) is 0.820. The average molecular weight is 287 g/mol. The summed E-state index contributed by atoms with van der Waals surface area (Å²) in [6, 6.07) is 15.2. The predicted molar refractivity (Wildman–Crippen MR) is 82.5 cm³/mol. The molecule has 2 aromatic carbocycles. The number of benzene rings is 2. The first kappa shape index (κ1) is 15.4. The normalized spacial score (nSPS) is 12.0. The number of para-hydroxylation sites is 2. The van der Waals surface area contributed by atoms with Gasteiger partial charge in [0.2, 0.25) is 0 Å². The maximum absolute atomic E-state index is 9.95. The fraction of sp³-hybridized carbons (Fsp3) is 0.294. The largest absolute Gasteiger partial charge is 0.490 e. The maximum Gasteiger partial charge on any atom is 0.123 e. The number of aryl methyl sites for hydroxylation is 1. The first-order chi connectivity index (χ1) is 10.2. The van der Waals surface area contributed by atoms with Crippen LogP contribution in [0.15, 0.2) is 48.5 Å². The monoisotopic (exact) mass is 287 g/mol. The topological polar surface area (TPSA) is 64.7 Å². The summed E-state index contributed by atoms with van der Waals surface area (Å²) in [7, 11) is 0. The zero-order valence-corrected chi connectivity index (χ0v) is 12.2. The first-order valence-corrected chi connectivity index (χ1v) is 6.98. The SMILES string of the molecule is Cc1ccccc1OCC(O)COc1ccccc1CN. The second kappa shape index (κ2) is 7.67. The molecule has 0 bridgehead atoms. The fourth-order valence-electron chi connectivity index (χ4n) is 1.95. The third kappa shape index (κ3) is 4.48. The highest BCUT2D eigenvalue weighted by atomic mass is 16.5. The highest BCUT2D eigenvalue weighted by Gasteiger charge is 2.09. The van der Waals surface area contributed by atoms with E-state index in [0.29, 0.717) is 12.3 Å². The van der Waals surface area contributed by atoms with E-state index < -0.39 is 6.10 Å². The van der Waals surface area contributed by atoms with Gasteiger partial charge in [-0.3, -0.25) is 0 Å². The number of hydrogen-bond acceptors (Lipinski definition) is 4. The summed E-state index contributed by atoms with van der Waals surface area (Å²) in [5, 5.41) is 9.95. The highest BCUT2D eigenvalue weighted by Crippen LogP contribution is 2.18. The Bertz CT molecular complexity index is 571. The van der Waals surface area contributed by atoms with E-state index >= 15 is 0 Å². The molecule has 21 heavy (non-hydrogen) atoms. The molecule has 0 saturated heterocycles. The van der Waals surface area contributed by atoms with Crippen molar-refractivity contribution in [3.05, 3.63) is 59.7 Å². The van der Waals surface area contributed by atoms with E-state index in [1.165, 1.54) is 0 Å². The van der Waals surface area contributed by atoms with Crippen molar-refractivity contribution >= 4 is 0 Å². The van der Waals surface area contributed by atoms with Gasteiger partial charge in [-0.25, -0.2) is 0 Å². The Hall–Kier alpha value is -2.04. The molecular formula is C17H21NO3. The lowest BCUT2D eigenvalue weighted by Gasteiger charge is -2.16. The number of aliphatic hydroxyl groups excluding tert-OH is 1. The molecule has 1 atom stereocenters. The minimum atomic E-state index is -0.699. The van der Waals surface area contributed by atoms with E-state index in [4.69, 9.17) is 15.2 Å². The standard InChI is InChI=1S/C17H21NO3/c1-13-6-2-4-8-16(13)20-11-15(19)12-21-17-9-5-3-7-14(17)10-18/h2-9,15,19H,10-12,18H2,1H3. The highest BCUT2D eigenvalue weighted by molar-refractivity contribution is 5.33. The minimum absolute atomic E-state index is 0.170. The van der Waals surface area contributed by atoms with E-state index in [9.17, 15) is 5.11 Å². The zero-order chi connectivity index (χ0) is 15.1. The summed E-state index contributed by atoms with van der Waals surface area (Å²) < 4.78 is 11.2. The molecular weight excluding hydrogens is 266 g/mol. The molecule has 0 aliphatic rings. The molecule has 112 valence electrons. The van der Waals surface area contributed by atoms with Crippen LogP contribution < -0.4 is 15.2 Å². The van der Waals surface area contributed by atoms with Crippen LogP contribution in [-0.2, 0) is 6.54 Å². The Morgan fingerprint density at radius 1 is 0.952 bits per heavy atom. The average Bonchev–Trinajstić information content (AvgIpc) is 2.52. The molecule has 0 aliphatic carbocycles. The minimum Gasteiger partial charge on any atom is -0.490 e. The van der Waals surface area contributed by atoms with Crippen LogP contribution in [0.3, 0.4) is 0 Å². The maximum atomic E-state index is 9.95. The van der Waals surface area contributed by atoms with Gasteiger partial charge in [-0.05, 0) is 24.6 Å². The van der Waals surface area contributed by atoms with Gasteiger partial charge in [-0.1, -0.05) is 36.4 Å². The molecule has 0 fully saturated rings. The van der Waals surface area contributed by atoms with Crippen molar-refractivity contribution in [3.8, 4) is 11.5 Å². The van der Waals surface area contributed by atoms with E-state index in [2.05, 4.69) is 0 Å². The van der Waals surface area contributed by atoms with Crippen molar-refractivity contribution in [2.45, 2.75) is 19.6 Å². The van der Waals surface area contributed by atoms with Gasteiger partial charge in [0, 0.05) is 12.1 Å². The van der Waals surface area contributed by atoms with Gasteiger partial charge in [0.15, 0.2) is 0 Å². The van der Waals surface area contributed by atoms with Gasteiger partial charge >= 0.3 is 0 Å². The van der Waals surface area contributed by atoms with Crippen molar-refractivity contribution < 1.29 is 14.6 Å². The molecule has 0 aliphatic heterocycles. The van der Waals surface area contributed by atoms with Crippen LogP contribution in [0.1, 0.15) is 11.1 Å². The van der Waals surface area contributed by atoms with Gasteiger partial charge in [-0.2, -0.15) is 0 Å². The number of rotatable bonds is 7. The van der Waals surface area contributed by atoms with Gasteiger partial charge in [-0.15, -0.1) is 0 Å². The molecule has 2 rings (SSSR count). The molecule has 0 aromatic heterocycles. The Kier molecular flexibility index (Phi) is 5.60. The van der Waals surface area contributed by atoms with Crippen LogP contribution in [0.25, 0.3) is 0 Å². The van der Waals surface area contributed by atoms with Crippen LogP contribution in [-0.4, -0.2) is 24.4 Å². The second-order valence-electron chi connectivity index (χ2n) is 4.85. The van der Waals surface area contributed by atoms with Crippen molar-refractivity contribution in [2.24, 2.45) is 5.73 Å². The molecule has 0 spiro atoms.